The summed E-state index contributed by atoms with van der Waals surface area (Å²) in [5.74, 6) is 0.840. The number of amides is 2. The van der Waals surface area contributed by atoms with Gasteiger partial charge in [-0.2, -0.15) is 9.78 Å². The largest absolute Gasteiger partial charge is 0.344 e. The molecule has 1 atom stereocenters. The van der Waals surface area contributed by atoms with Crippen LogP contribution in [0.5, 0.6) is 0 Å². The Kier molecular flexibility index (Phi) is 3.91. The molecule has 0 bridgehead atoms. The molecule has 2 amide bonds. The van der Waals surface area contributed by atoms with Gasteiger partial charge in [-0.25, -0.2) is 4.98 Å². The van der Waals surface area contributed by atoms with Crippen LogP contribution in [0.3, 0.4) is 0 Å². The number of benzene rings is 1. The lowest BCUT2D eigenvalue weighted by Crippen LogP contribution is -2.37. The Morgan fingerprint density at radius 1 is 1.27 bits per heavy atom. The fraction of sp³-hybridized carbons (Fsp3) is 0.263. The highest BCUT2D eigenvalue weighted by atomic mass is 16.2. The zero-order valence-corrected chi connectivity index (χ0v) is 14.6. The average Bonchev–Trinajstić information content (AvgIpc) is 3.20. The van der Waals surface area contributed by atoms with Crippen molar-refractivity contribution in [2.24, 2.45) is 0 Å². The van der Waals surface area contributed by atoms with Crippen LogP contribution in [-0.2, 0) is 9.59 Å². The van der Waals surface area contributed by atoms with E-state index < -0.39 is 6.04 Å². The van der Waals surface area contributed by atoms with Crippen LogP contribution >= 0.6 is 0 Å². The van der Waals surface area contributed by atoms with Crippen LogP contribution in [0.4, 0.5) is 5.82 Å². The number of rotatable bonds is 3. The Hall–Kier alpha value is -3.22. The summed E-state index contributed by atoms with van der Waals surface area (Å²) in [6.45, 7) is 3.88. The number of nitrogens with zero attached hydrogens (tertiary/aromatic N) is 3. The van der Waals surface area contributed by atoms with E-state index >= 15 is 0 Å². The van der Waals surface area contributed by atoms with Gasteiger partial charge in [0.1, 0.15) is 11.9 Å². The number of para-hydroxylation sites is 1. The summed E-state index contributed by atoms with van der Waals surface area (Å²) in [6.07, 6.45) is 0.882. The average molecular weight is 349 g/mol. The smallest absolute Gasteiger partial charge is 0.248 e. The zero-order valence-electron chi connectivity index (χ0n) is 14.6. The first-order chi connectivity index (χ1) is 12.5. The van der Waals surface area contributed by atoms with E-state index in [1.54, 1.807) is 10.7 Å². The van der Waals surface area contributed by atoms with E-state index in [0.717, 1.165) is 22.2 Å². The number of anilines is 1. The minimum atomic E-state index is -0.502. The van der Waals surface area contributed by atoms with Gasteiger partial charge in [0, 0.05) is 17.9 Å². The van der Waals surface area contributed by atoms with E-state index in [-0.39, 0.29) is 11.8 Å². The number of nitrogens with one attached hydrogen (secondary N) is 2. The summed E-state index contributed by atoms with van der Waals surface area (Å²) in [6, 6.07) is 11.1. The first-order valence-electron chi connectivity index (χ1n) is 8.55. The molecule has 0 saturated carbocycles. The van der Waals surface area contributed by atoms with Crippen LogP contribution < -0.4 is 10.6 Å². The van der Waals surface area contributed by atoms with Gasteiger partial charge >= 0.3 is 0 Å². The molecule has 26 heavy (non-hydrogen) atoms. The van der Waals surface area contributed by atoms with Gasteiger partial charge in [-0.05, 0) is 38.0 Å². The molecule has 2 aromatic heterocycles. The van der Waals surface area contributed by atoms with Crippen LogP contribution in [0.15, 0.2) is 36.4 Å². The zero-order chi connectivity index (χ0) is 18.3. The lowest BCUT2D eigenvalue weighted by Gasteiger charge is -2.13. The fourth-order valence-electron chi connectivity index (χ4n) is 3.23. The third-order valence-electron chi connectivity index (χ3n) is 4.52. The Morgan fingerprint density at radius 3 is 2.85 bits per heavy atom. The van der Waals surface area contributed by atoms with Gasteiger partial charge in [-0.3, -0.25) is 9.59 Å². The van der Waals surface area contributed by atoms with Crippen molar-refractivity contribution in [3.63, 3.8) is 0 Å². The predicted molar refractivity (Wildman–Crippen MR) is 98.1 cm³/mol. The molecule has 7 heteroatoms. The maximum absolute atomic E-state index is 12.4. The van der Waals surface area contributed by atoms with Crippen molar-refractivity contribution < 1.29 is 9.59 Å². The second-order valence-corrected chi connectivity index (χ2v) is 6.55. The number of hydrogen-bond acceptors (Lipinski definition) is 4. The Balaban J connectivity index is 1.70. The van der Waals surface area contributed by atoms with Gasteiger partial charge in [0.25, 0.3) is 0 Å². The van der Waals surface area contributed by atoms with Crippen molar-refractivity contribution in [3.05, 3.63) is 47.7 Å². The predicted octanol–water partition coefficient (Wildman–Crippen LogP) is 2.25. The molecule has 0 radical (unpaired) electrons. The van der Waals surface area contributed by atoms with Crippen molar-refractivity contribution in [1.82, 2.24) is 20.1 Å². The van der Waals surface area contributed by atoms with Crippen LogP contribution in [0.25, 0.3) is 16.7 Å². The van der Waals surface area contributed by atoms with Gasteiger partial charge in [-0.15, -0.1) is 0 Å². The van der Waals surface area contributed by atoms with Crippen molar-refractivity contribution in [3.8, 4) is 5.82 Å². The highest BCUT2D eigenvalue weighted by Crippen LogP contribution is 2.22. The van der Waals surface area contributed by atoms with Gasteiger partial charge in [0.2, 0.25) is 11.8 Å². The Morgan fingerprint density at radius 2 is 2.08 bits per heavy atom. The lowest BCUT2D eigenvalue weighted by molar-refractivity contribution is -0.122. The minimum absolute atomic E-state index is 0.0957. The van der Waals surface area contributed by atoms with Crippen molar-refractivity contribution in [2.75, 3.05) is 5.32 Å². The van der Waals surface area contributed by atoms with Crippen molar-refractivity contribution >= 4 is 28.5 Å². The molecule has 1 aliphatic heterocycles. The third kappa shape index (κ3) is 2.92. The van der Waals surface area contributed by atoms with Crippen molar-refractivity contribution in [2.45, 2.75) is 32.7 Å². The first-order valence-corrected chi connectivity index (χ1v) is 8.55. The highest BCUT2D eigenvalue weighted by molar-refractivity contribution is 5.98. The van der Waals surface area contributed by atoms with Crippen LogP contribution in [0.1, 0.15) is 24.1 Å². The normalized spacial score (nSPS) is 16.7. The molecule has 132 valence electrons. The molecule has 4 rings (SSSR count). The number of pyridine rings is 1. The molecule has 1 unspecified atom stereocenters. The first kappa shape index (κ1) is 16.3. The van der Waals surface area contributed by atoms with Gasteiger partial charge in [0.05, 0.1) is 11.2 Å². The topological polar surface area (TPSA) is 88.9 Å². The quantitative estimate of drug-likeness (QED) is 0.759. The van der Waals surface area contributed by atoms with Gasteiger partial charge < -0.3 is 10.6 Å². The number of aryl methyl sites for hydroxylation is 2. The summed E-state index contributed by atoms with van der Waals surface area (Å²) in [5.41, 5.74) is 2.72. The monoisotopic (exact) mass is 349 g/mol. The summed E-state index contributed by atoms with van der Waals surface area (Å²) < 4.78 is 1.63. The third-order valence-corrected chi connectivity index (χ3v) is 4.52. The number of carbonyl (C=O) groups excluding carboxylic acids is 2. The molecule has 7 nitrogen and oxygen atoms in total. The molecule has 2 N–H and O–H groups in total. The number of fused-ring (bicyclic) bond motifs is 1. The van der Waals surface area contributed by atoms with E-state index in [9.17, 15) is 9.59 Å². The molecular formula is C19H19N5O2. The van der Waals surface area contributed by atoms with E-state index in [2.05, 4.69) is 20.7 Å². The maximum atomic E-state index is 12.4. The molecule has 0 aliphatic carbocycles. The van der Waals surface area contributed by atoms with E-state index in [1.165, 1.54) is 0 Å². The summed E-state index contributed by atoms with van der Waals surface area (Å²) in [7, 11) is 0. The molecule has 1 saturated heterocycles. The van der Waals surface area contributed by atoms with Gasteiger partial charge in [-0.1, -0.05) is 18.2 Å². The summed E-state index contributed by atoms with van der Waals surface area (Å²) in [4.78, 5) is 28.5. The van der Waals surface area contributed by atoms with E-state index in [1.807, 2.05) is 44.2 Å². The molecule has 3 aromatic rings. The highest BCUT2D eigenvalue weighted by Gasteiger charge is 2.28. The lowest BCUT2D eigenvalue weighted by atomic mass is 10.1. The summed E-state index contributed by atoms with van der Waals surface area (Å²) >= 11 is 0. The second kappa shape index (κ2) is 6.25. The van der Waals surface area contributed by atoms with E-state index in [0.29, 0.717) is 24.5 Å². The van der Waals surface area contributed by atoms with Gasteiger partial charge in [0.15, 0.2) is 5.82 Å². The van der Waals surface area contributed by atoms with E-state index in [4.69, 9.17) is 0 Å². The molecular weight excluding hydrogens is 330 g/mol. The van der Waals surface area contributed by atoms with Crippen LogP contribution in [-0.4, -0.2) is 32.6 Å². The molecule has 1 fully saturated rings. The Labute approximate surface area is 150 Å². The van der Waals surface area contributed by atoms with Crippen molar-refractivity contribution in [1.29, 1.82) is 0 Å². The molecule has 0 spiro atoms. The SMILES string of the molecule is Cc1cc(NC(=O)C2CCC(=O)N2)n(-c2cc(C)c3ccccc3n2)n1. The number of aromatic nitrogens is 3. The second-order valence-electron chi connectivity index (χ2n) is 6.55. The standard InChI is InChI=1S/C19H19N5O2/c1-11-9-16(20-14-6-4-3-5-13(11)14)24-17(10-12(2)23-24)22-19(26)15-7-8-18(25)21-15/h3-6,9-10,15H,7-8H2,1-2H3,(H,21,25)(H,22,26). The molecule has 1 aromatic carbocycles. The number of carbonyl (C=O) groups is 2. The fourth-order valence-corrected chi connectivity index (χ4v) is 3.23. The molecule has 3 heterocycles. The Bertz CT molecular complexity index is 1020. The number of hydrogen-bond donors (Lipinski definition) is 2. The van der Waals surface area contributed by atoms with Crippen LogP contribution in [0, 0.1) is 13.8 Å². The minimum Gasteiger partial charge on any atom is -0.344 e. The maximum Gasteiger partial charge on any atom is 0.248 e. The summed E-state index contributed by atoms with van der Waals surface area (Å²) in [5, 5.41) is 11.1. The van der Waals surface area contributed by atoms with Crippen LogP contribution in [0.2, 0.25) is 0 Å². The molecule has 1 aliphatic rings.